The molecular formula is C9H7N4NaO2. The van der Waals surface area contributed by atoms with Crippen molar-refractivity contribution >= 4 is 5.91 Å². The van der Waals surface area contributed by atoms with E-state index in [0.717, 1.165) is 4.68 Å². The second-order valence-electron chi connectivity index (χ2n) is 2.85. The van der Waals surface area contributed by atoms with E-state index < -0.39 is 11.8 Å². The molecule has 0 unspecified atom stereocenters. The summed E-state index contributed by atoms with van der Waals surface area (Å²) < 4.78 is 1.03. The first-order chi connectivity index (χ1) is 7.20. The van der Waals surface area contributed by atoms with E-state index in [1.165, 1.54) is 0 Å². The zero-order chi connectivity index (χ0) is 10.8. The summed E-state index contributed by atoms with van der Waals surface area (Å²) in [7, 11) is 0. The Morgan fingerprint density at radius 2 is 1.94 bits per heavy atom. The smallest absolute Gasteiger partial charge is 0.857 e. The second kappa shape index (κ2) is 5.11. The zero-order valence-electron chi connectivity index (χ0n) is 8.62. The fraction of sp³-hybridized carbons (Fsp3) is 0. The molecule has 6 nitrogen and oxygen atoms in total. The van der Waals surface area contributed by atoms with Crippen LogP contribution in [0, 0.1) is 0 Å². The van der Waals surface area contributed by atoms with Crippen LogP contribution in [0.1, 0.15) is 10.5 Å². The third kappa shape index (κ3) is 2.24. The summed E-state index contributed by atoms with van der Waals surface area (Å²) in [5, 5.41) is 18.5. The summed E-state index contributed by atoms with van der Waals surface area (Å²) in [6.07, 6.45) is 0. The normalized spacial score (nSPS) is 9.50. The molecule has 0 atom stereocenters. The van der Waals surface area contributed by atoms with Gasteiger partial charge in [0.25, 0.3) is 5.91 Å². The summed E-state index contributed by atoms with van der Waals surface area (Å²) in [6, 6.07) is 8.67. The average molecular weight is 226 g/mol. The van der Waals surface area contributed by atoms with Gasteiger partial charge in [-0.15, -0.1) is 5.10 Å². The van der Waals surface area contributed by atoms with Crippen molar-refractivity contribution in [3.05, 3.63) is 36.0 Å². The van der Waals surface area contributed by atoms with E-state index >= 15 is 0 Å². The van der Waals surface area contributed by atoms with Gasteiger partial charge in [-0.1, -0.05) is 23.4 Å². The second-order valence-corrected chi connectivity index (χ2v) is 2.85. The largest absolute Gasteiger partial charge is 1.00 e. The number of carbonyl (C=O) groups excluding carboxylic acids is 1. The van der Waals surface area contributed by atoms with Crippen LogP contribution in [0.15, 0.2) is 30.3 Å². The van der Waals surface area contributed by atoms with Crippen molar-refractivity contribution in [3.8, 4) is 11.6 Å². The molecule has 2 aromatic rings. The van der Waals surface area contributed by atoms with Gasteiger partial charge in [-0.2, -0.15) is 0 Å². The predicted molar refractivity (Wildman–Crippen MR) is 49.3 cm³/mol. The van der Waals surface area contributed by atoms with Crippen molar-refractivity contribution in [1.29, 1.82) is 0 Å². The first-order valence-electron chi connectivity index (χ1n) is 4.18. The third-order valence-corrected chi connectivity index (χ3v) is 1.86. The molecular weight excluding hydrogens is 219 g/mol. The van der Waals surface area contributed by atoms with Gasteiger partial charge in [0.2, 0.25) is 0 Å². The molecule has 1 amide bonds. The van der Waals surface area contributed by atoms with Crippen molar-refractivity contribution in [1.82, 2.24) is 15.0 Å². The molecule has 0 saturated carbocycles. The SMILES string of the molecule is NC(=O)c1nnn(-c2ccccc2)c1[O-].[Na+]. The molecule has 1 heterocycles. The maximum atomic E-state index is 11.5. The molecule has 0 bridgehead atoms. The van der Waals surface area contributed by atoms with Crippen molar-refractivity contribution in [3.63, 3.8) is 0 Å². The van der Waals surface area contributed by atoms with Crippen molar-refractivity contribution in [2.24, 2.45) is 5.73 Å². The topological polar surface area (TPSA) is 96.9 Å². The summed E-state index contributed by atoms with van der Waals surface area (Å²) in [4.78, 5) is 10.8. The first kappa shape index (κ1) is 12.7. The summed E-state index contributed by atoms with van der Waals surface area (Å²) in [5.41, 5.74) is 5.15. The fourth-order valence-electron chi connectivity index (χ4n) is 1.17. The van der Waals surface area contributed by atoms with E-state index in [1.54, 1.807) is 30.3 Å². The molecule has 16 heavy (non-hydrogen) atoms. The molecule has 1 aromatic carbocycles. The van der Waals surface area contributed by atoms with E-state index in [-0.39, 0.29) is 35.3 Å². The molecule has 0 aliphatic heterocycles. The van der Waals surface area contributed by atoms with Crippen molar-refractivity contribution < 1.29 is 39.5 Å². The predicted octanol–water partition coefficient (Wildman–Crippen LogP) is -3.56. The molecule has 0 aliphatic carbocycles. The molecule has 76 valence electrons. The molecule has 2 N–H and O–H groups in total. The minimum Gasteiger partial charge on any atom is -0.857 e. The Kier molecular flexibility index (Phi) is 4.05. The molecule has 0 saturated heterocycles. The van der Waals surface area contributed by atoms with Gasteiger partial charge in [-0.25, -0.2) is 4.68 Å². The van der Waals surface area contributed by atoms with E-state index in [2.05, 4.69) is 10.3 Å². The molecule has 0 spiro atoms. The number of amides is 1. The van der Waals surface area contributed by atoms with E-state index in [4.69, 9.17) is 5.73 Å². The summed E-state index contributed by atoms with van der Waals surface area (Å²) in [5.74, 6) is -1.48. The van der Waals surface area contributed by atoms with Gasteiger partial charge in [-0.3, -0.25) is 4.79 Å². The minimum absolute atomic E-state index is 0. The number of hydrogen-bond donors (Lipinski definition) is 1. The van der Waals surface area contributed by atoms with E-state index in [0.29, 0.717) is 5.69 Å². The molecule has 0 aliphatic rings. The quantitative estimate of drug-likeness (QED) is 0.536. The number of para-hydroxylation sites is 1. The number of hydrogen-bond acceptors (Lipinski definition) is 4. The van der Waals surface area contributed by atoms with Crippen LogP contribution in [0.25, 0.3) is 5.69 Å². The van der Waals surface area contributed by atoms with Crippen LogP contribution in [-0.4, -0.2) is 20.9 Å². The minimum atomic E-state index is -0.873. The number of nitrogens with zero attached hydrogens (tertiary/aromatic N) is 3. The van der Waals surface area contributed by atoms with Crippen molar-refractivity contribution in [2.45, 2.75) is 0 Å². The van der Waals surface area contributed by atoms with Gasteiger partial charge in [0.15, 0.2) is 5.69 Å². The van der Waals surface area contributed by atoms with Gasteiger partial charge in [0.05, 0.1) is 5.69 Å². The van der Waals surface area contributed by atoms with Crippen molar-refractivity contribution in [2.75, 3.05) is 0 Å². The number of carbonyl (C=O) groups is 1. The number of primary amides is 1. The van der Waals surface area contributed by atoms with Gasteiger partial charge in [-0.05, 0) is 12.1 Å². The van der Waals surface area contributed by atoms with Gasteiger partial charge >= 0.3 is 29.6 Å². The Balaban J connectivity index is 0.00000128. The first-order valence-corrected chi connectivity index (χ1v) is 4.18. The van der Waals surface area contributed by atoms with Crippen LogP contribution in [-0.2, 0) is 0 Å². The molecule has 0 fully saturated rings. The Bertz CT molecular complexity index is 497. The number of nitrogens with two attached hydrogens (primary N) is 1. The van der Waals surface area contributed by atoms with Crippen LogP contribution in [0.2, 0.25) is 0 Å². The fourth-order valence-corrected chi connectivity index (χ4v) is 1.17. The summed E-state index contributed by atoms with van der Waals surface area (Å²) in [6.45, 7) is 0. The Morgan fingerprint density at radius 1 is 1.31 bits per heavy atom. The number of benzene rings is 1. The van der Waals surface area contributed by atoms with E-state index in [1.807, 2.05) is 0 Å². The van der Waals surface area contributed by atoms with Crippen LogP contribution in [0.5, 0.6) is 5.88 Å². The van der Waals surface area contributed by atoms with Crippen LogP contribution in [0.4, 0.5) is 0 Å². The summed E-state index contributed by atoms with van der Waals surface area (Å²) >= 11 is 0. The Labute approximate surface area is 113 Å². The standard InChI is InChI=1S/C9H8N4O2.Na/c10-8(14)7-9(15)13(12-11-7)6-4-2-1-3-5-6;/h1-5,15H,(H2,10,14);/q;+1/p-1. The molecule has 1 aromatic heterocycles. The average Bonchev–Trinajstić information content (AvgIpc) is 2.61. The van der Waals surface area contributed by atoms with Gasteiger partial charge in [0.1, 0.15) is 0 Å². The van der Waals surface area contributed by atoms with Gasteiger partial charge in [0, 0.05) is 5.88 Å². The Hall–Kier alpha value is -1.37. The molecule has 2 rings (SSSR count). The zero-order valence-corrected chi connectivity index (χ0v) is 10.6. The monoisotopic (exact) mass is 226 g/mol. The molecule has 7 heteroatoms. The van der Waals surface area contributed by atoms with Crippen LogP contribution in [0.3, 0.4) is 0 Å². The maximum Gasteiger partial charge on any atom is 1.00 e. The molecule has 0 radical (unpaired) electrons. The van der Waals surface area contributed by atoms with Crippen LogP contribution < -0.4 is 40.4 Å². The third-order valence-electron chi connectivity index (χ3n) is 1.86. The number of aromatic nitrogens is 3. The van der Waals surface area contributed by atoms with Gasteiger partial charge < -0.3 is 10.8 Å². The van der Waals surface area contributed by atoms with E-state index in [9.17, 15) is 9.90 Å². The van der Waals surface area contributed by atoms with Crippen LogP contribution >= 0.6 is 0 Å². The number of rotatable bonds is 2. The Morgan fingerprint density at radius 3 is 2.44 bits per heavy atom. The maximum absolute atomic E-state index is 11.5.